The zero-order valence-electron chi connectivity index (χ0n) is 13.4. The molecule has 2 aromatic carbocycles. The van der Waals surface area contributed by atoms with E-state index < -0.39 is 0 Å². The number of benzene rings is 2. The highest BCUT2D eigenvalue weighted by molar-refractivity contribution is 9.10. The minimum absolute atomic E-state index is 0.00961. The van der Waals surface area contributed by atoms with E-state index in [-0.39, 0.29) is 12.5 Å². The second kappa shape index (κ2) is 6.75. The largest absolute Gasteiger partial charge is 0.484 e. The maximum absolute atomic E-state index is 12.6. The average molecular weight is 374 g/mol. The van der Waals surface area contributed by atoms with E-state index in [0.717, 1.165) is 46.4 Å². The van der Waals surface area contributed by atoms with Gasteiger partial charge in [-0.25, -0.2) is 0 Å². The van der Waals surface area contributed by atoms with E-state index in [1.54, 1.807) is 0 Å². The summed E-state index contributed by atoms with van der Waals surface area (Å²) in [5, 5.41) is 0. The smallest absolute Gasteiger partial charge is 0.264 e. The summed E-state index contributed by atoms with van der Waals surface area (Å²) in [5.74, 6) is 0.747. The molecule has 1 amide bonds. The Balaban J connectivity index is 1.71. The van der Waals surface area contributed by atoms with E-state index in [9.17, 15) is 4.79 Å². The fraction of sp³-hybridized carbons (Fsp3) is 0.316. The number of carbonyl (C=O) groups is 1. The maximum atomic E-state index is 12.6. The molecule has 0 aliphatic carbocycles. The van der Waals surface area contributed by atoms with Crippen LogP contribution in [0.5, 0.6) is 5.75 Å². The summed E-state index contributed by atoms with van der Waals surface area (Å²) in [4.78, 5) is 14.4. The number of aryl methyl sites for hydroxylation is 3. The van der Waals surface area contributed by atoms with Gasteiger partial charge in [-0.3, -0.25) is 4.79 Å². The summed E-state index contributed by atoms with van der Waals surface area (Å²) in [6.07, 6.45) is 2.03. The molecule has 1 aliphatic heterocycles. The number of carbonyl (C=O) groups excluding carboxylic acids is 1. The van der Waals surface area contributed by atoms with Crippen LogP contribution in [0.15, 0.2) is 40.9 Å². The van der Waals surface area contributed by atoms with E-state index in [2.05, 4.69) is 22.0 Å². The number of amides is 1. The second-order valence-corrected chi connectivity index (χ2v) is 6.73. The Morgan fingerprint density at radius 1 is 1.22 bits per heavy atom. The third-order valence-corrected chi connectivity index (χ3v) is 5.43. The average Bonchev–Trinajstić information content (AvgIpc) is 2.57. The molecule has 23 heavy (non-hydrogen) atoms. The van der Waals surface area contributed by atoms with Crippen LogP contribution < -0.4 is 9.64 Å². The first-order chi connectivity index (χ1) is 11.1. The second-order valence-electron chi connectivity index (χ2n) is 5.94. The van der Waals surface area contributed by atoms with Gasteiger partial charge in [0.1, 0.15) is 5.75 Å². The summed E-state index contributed by atoms with van der Waals surface area (Å²) < 4.78 is 6.83. The zero-order valence-corrected chi connectivity index (χ0v) is 15.0. The minimum Gasteiger partial charge on any atom is -0.484 e. The van der Waals surface area contributed by atoms with Crippen LogP contribution in [0.1, 0.15) is 23.1 Å². The Hall–Kier alpha value is -1.81. The van der Waals surface area contributed by atoms with Gasteiger partial charge in [0.05, 0.1) is 0 Å². The molecule has 0 fully saturated rings. The number of fused-ring (bicyclic) bond motifs is 1. The van der Waals surface area contributed by atoms with Gasteiger partial charge in [-0.05, 0) is 61.6 Å². The van der Waals surface area contributed by atoms with Crippen LogP contribution >= 0.6 is 15.9 Å². The van der Waals surface area contributed by atoms with Crippen molar-refractivity contribution >= 4 is 27.5 Å². The molecule has 120 valence electrons. The zero-order chi connectivity index (χ0) is 16.4. The van der Waals surface area contributed by atoms with Crippen LogP contribution in [-0.2, 0) is 11.2 Å². The molecule has 0 atom stereocenters. The molecule has 0 aromatic heterocycles. The van der Waals surface area contributed by atoms with Crippen molar-refractivity contribution in [1.29, 1.82) is 0 Å². The van der Waals surface area contributed by atoms with Crippen LogP contribution in [0.2, 0.25) is 0 Å². The lowest BCUT2D eigenvalue weighted by Gasteiger charge is -2.29. The lowest BCUT2D eigenvalue weighted by atomic mass is 10.0. The van der Waals surface area contributed by atoms with Gasteiger partial charge in [-0.1, -0.05) is 34.1 Å². The molecule has 1 heterocycles. The highest BCUT2D eigenvalue weighted by Crippen LogP contribution is 2.28. The predicted octanol–water partition coefficient (Wildman–Crippen LogP) is 4.42. The lowest BCUT2D eigenvalue weighted by Crippen LogP contribution is -2.38. The van der Waals surface area contributed by atoms with Crippen LogP contribution in [0.3, 0.4) is 0 Å². The van der Waals surface area contributed by atoms with Crippen molar-refractivity contribution in [1.82, 2.24) is 0 Å². The van der Waals surface area contributed by atoms with Crippen LogP contribution in [0.4, 0.5) is 5.69 Å². The predicted molar refractivity (Wildman–Crippen MR) is 96.2 cm³/mol. The molecule has 0 unspecified atom stereocenters. The molecule has 4 heteroatoms. The van der Waals surface area contributed by atoms with Crippen LogP contribution in [0, 0.1) is 13.8 Å². The Labute approximate surface area is 145 Å². The van der Waals surface area contributed by atoms with Gasteiger partial charge < -0.3 is 9.64 Å². The van der Waals surface area contributed by atoms with Crippen molar-refractivity contribution in [3.8, 4) is 5.75 Å². The van der Waals surface area contributed by atoms with Crippen LogP contribution in [-0.4, -0.2) is 19.1 Å². The molecule has 0 N–H and O–H groups in total. The summed E-state index contributed by atoms with van der Waals surface area (Å²) in [6.45, 7) is 4.87. The van der Waals surface area contributed by atoms with Crippen molar-refractivity contribution in [2.75, 3.05) is 18.1 Å². The quantitative estimate of drug-likeness (QED) is 0.796. The van der Waals surface area contributed by atoms with Crippen molar-refractivity contribution in [2.45, 2.75) is 26.7 Å². The van der Waals surface area contributed by atoms with Gasteiger partial charge in [0.15, 0.2) is 6.61 Å². The number of anilines is 1. The monoisotopic (exact) mass is 373 g/mol. The normalized spacial score (nSPS) is 13.6. The Bertz CT molecular complexity index is 719. The molecule has 0 bridgehead atoms. The number of hydrogen-bond donors (Lipinski definition) is 0. The first-order valence-electron chi connectivity index (χ1n) is 7.84. The third-order valence-electron chi connectivity index (χ3n) is 4.18. The molecule has 0 saturated heterocycles. The number of para-hydroxylation sites is 1. The van der Waals surface area contributed by atoms with E-state index in [0.29, 0.717) is 0 Å². The summed E-state index contributed by atoms with van der Waals surface area (Å²) in [7, 11) is 0. The first kappa shape index (κ1) is 16.1. The van der Waals surface area contributed by atoms with Crippen LogP contribution in [0.25, 0.3) is 0 Å². The van der Waals surface area contributed by atoms with Gasteiger partial charge >= 0.3 is 0 Å². The third kappa shape index (κ3) is 3.42. The number of hydrogen-bond acceptors (Lipinski definition) is 2. The first-order valence-corrected chi connectivity index (χ1v) is 8.63. The standard InChI is InChI=1S/C19H20BrNO2/c1-13-10-16(11-14(2)19(13)20)23-12-18(22)21-9-5-7-15-6-3-4-8-17(15)21/h3-4,6,8,10-11H,5,7,9,12H2,1-2H3. The van der Waals surface area contributed by atoms with Gasteiger partial charge in [0.2, 0.25) is 0 Å². The number of halogens is 1. The number of nitrogens with zero attached hydrogens (tertiary/aromatic N) is 1. The molecule has 3 rings (SSSR count). The fourth-order valence-electron chi connectivity index (χ4n) is 3.01. The topological polar surface area (TPSA) is 29.5 Å². The van der Waals surface area contributed by atoms with Gasteiger partial charge in [-0.2, -0.15) is 0 Å². The fourth-order valence-corrected chi connectivity index (χ4v) is 3.23. The van der Waals surface area contributed by atoms with E-state index >= 15 is 0 Å². The summed E-state index contributed by atoms with van der Waals surface area (Å²) in [5.41, 5.74) is 4.48. The molecule has 3 nitrogen and oxygen atoms in total. The van der Waals surface area contributed by atoms with E-state index in [1.807, 2.05) is 49.1 Å². The van der Waals surface area contributed by atoms with Gasteiger partial charge in [0, 0.05) is 16.7 Å². The van der Waals surface area contributed by atoms with E-state index in [4.69, 9.17) is 4.74 Å². The van der Waals surface area contributed by atoms with E-state index in [1.165, 1.54) is 5.56 Å². The number of ether oxygens (including phenoxy) is 1. The SMILES string of the molecule is Cc1cc(OCC(=O)N2CCCc3ccccc32)cc(C)c1Br. The summed E-state index contributed by atoms with van der Waals surface area (Å²) in [6, 6.07) is 12.0. The van der Waals surface area contributed by atoms with Crippen molar-refractivity contribution in [3.05, 3.63) is 57.6 Å². The molecular weight excluding hydrogens is 354 g/mol. The molecule has 0 spiro atoms. The maximum Gasteiger partial charge on any atom is 0.264 e. The number of rotatable bonds is 3. The van der Waals surface area contributed by atoms with Crippen molar-refractivity contribution < 1.29 is 9.53 Å². The molecule has 0 saturated carbocycles. The summed E-state index contributed by atoms with van der Waals surface area (Å²) >= 11 is 3.54. The van der Waals surface area contributed by atoms with Crippen molar-refractivity contribution in [2.24, 2.45) is 0 Å². The molecule has 2 aromatic rings. The molecule has 0 radical (unpaired) electrons. The highest BCUT2D eigenvalue weighted by Gasteiger charge is 2.22. The Kier molecular flexibility index (Phi) is 4.71. The highest BCUT2D eigenvalue weighted by atomic mass is 79.9. The van der Waals surface area contributed by atoms with Crippen molar-refractivity contribution in [3.63, 3.8) is 0 Å². The van der Waals surface area contributed by atoms with Gasteiger partial charge in [-0.15, -0.1) is 0 Å². The molecule has 1 aliphatic rings. The Morgan fingerprint density at radius 3 is 2.65 bits per heavy atom. The molecular formula is C19H20BrNO2. The lowest BCUT2D eigenvalue weighted by molar-refractivity contribution is -0.120. The van der Waals surface area contributed by atoms with Gasteiger partial charge in [0.25, 0.3) is 5.91 Å². The minimum atomic E-state index is 0.00961. The Morgan fingerprint density at radius 2 is 1.91 bits per heavy atom.